The molecule has 0 radical (unpaired) electrons. The van der Waals surface area contributed by atoms with Crippen molar-refractivity contribution in [1.82, 2.24) is 15.1 Å². The first-order valence-corrected chi connectivity index (χ1v) is 14.2. The number of amides is 1. The predicted octanol–water partition coefficient (Wildman–Crippen LogP) is 4.95. The zero-order valence-corrected chi connectivity index (χ0v) is 23.3. The van der Waals surface area contributed by atoms with E-state index in [0.29, 0.717) is 42.0 Å². The summed E-state index contributed by atoms with van der Waals surface area (Å²) >= 11 is 0. The summed E-state index contributed by atoms with van der Waals surface area (Å²) in [6.07, 6.45) is 0.258. The van der Waals surface area contributed by atoms with Crippen molar-refractivity contribution in [2.24, 2.45) is 0 Å². The number of rotatable bonds is 8. The fraction of sp³-hybridized carbons (Fsp3) is 0.364. The summed E-state index contributed by atoms with van der Waals surface area (Å²) in [5.74, 6) is -0.290. The fourth-order valence-corrected chi connectivity index (χ4v) is 5.56. The zero-order valence-electron chi connectivity index (χ0n) is 23.3. The first kappa shape index (κ1) is 29.2. The van der Waals surface area contributed by atoms with E-state index in [2.05, 4.69) is 16.3 Å². The van der Waals surface area contributed by atoms with Crippen molar-refractivity contribution < 1.29 is 18.3 Å². The summed E-state index contributed by atoms with van der Waals surface area (Å²) in [5.41, 5.74) is 2.97. The first-order chi connectivity index (χ1) is 20.4. The number of carbonyl (C=O) groups excluding carboxylic acids is 1. The maximum Gasteiger partial charge on any atom is 0.251 e. The van der Waals surface area contributed by atoms with E-state index in [-0.39, 0.29) is 24.1 Å². The molecule has 0 saturated carbocycles. The lowest BCUT2D eigenvalue weighted by Crippen LogP contribution is -2.46. The van der Waals surface area contributed by atoms with Crippen LogP contribution in [0, 0.1) is 28.5 Å². The SMILES string of the molecule is N#Cc1ccc(CN2CCC(NC(=O)c3cccc(O[C@@H]4CCN(Cc5ccc(C#N)c(F)c5)C[C@H]4F)c3)CC2)cc1. The largest absolute Gasteiger partial charge is 0.487 e. The van der Waals surface area contributed by atoms with Crippen LogP contribution in [-0.4, -0.2) is 60.2 Å². The van der Waals surface area contributed by atoms with Gasteiger partial charge in [0.15, 0.2) is 0 Å². The molecule has 0 unspecified atom stereocenters. The molecule has 0 bridgehead atoms. The van der Waals surface area contributed by atoms with E-state index in [1.54, 1.807) is 36.4 Å². The minimum absolute atomic E-state index is 0.00776. The number of likely N-dealkylation sites (tertiary alicyclic amines) is 2. The molecule has 0 aromatic heterocycles. The molecule has 5 rings (SSSR count). The van der Waals surface area contributed by atoms with Crippen molar-refractivity contribution >= 4 is 5.91 Å². The Morgan fingerprint density at radius 2 is 1.62 bits per heavy atom. The highest BCUT2D eigenvalue weighted by Gasteiger charge is 2.31. The highest BCUT2D eigenvalue weighted by Crippen LogP contribution is 2.24. The van der Waals surface area contributed by atoms with Gasteiger partial charge in [0, 0.05) is 50.9 Å². The van der Waals surface area contributed by atoms with Gasteiger partial charge < -0.3 is 10.1 Å². The van der Waals surface area contributed by atoms with Crippen LogP contribution in [0.3, 0.4) is 0 Å². The van der Waals surface area contributed by atoms with Crippen molar-refractivity contribution in [3.05, 3.63) is 100 Å². The summed E-state index contributed by atoms with van der Waals surface area (Å²) in [6, 6.07) is 23.0. The zero-order chi connectivity index (χ0) is 29.5. The fourth-order valence-electron chi connectivity index (χ4n) is 5.56. The molecule has 2 aliphatic rings. The van der Waals surface area contributed by atoms with Gasteiger partial charge in [-0.05, 0) is 72.9 Å². The standard InChI is InChI=1S/C33H33F2N5O2/c34-30-16-25(8-9-27(30)19-37)21-40-15-12-32(31(35)22-40)42-29-3-1-2-26(17-29)33(41)38-28-10-13-39(14-11-28)20-24-6-4-23(18-36)5-7-24/h1-9,16-17,28,31-32H,10-15,20-22H2,(H,38,41)/t31-,32-/m1/s1. The molecule has 9 heteroatoms. The first-order valence-electron chi connectivity index (χ1n) is 14.2. The molecular formula is C33H33F2N5O2. The van der Waals surface area contributed by atoms with Gasteiger partial charge in [0.1, 0.15) is 29.9 Å². The van der Waals surface area contributed by atoms with Crippen LogP contribution in [0.4, 0.5) is 8.78 Å². The Balaban J connectivity index is 1.08. The lowest BCUT2D eigenvalue weighted by molar-refractivity contribution is 0.0190. The number of alkyl halides is 1. The molecular weight excluding hydrogens is 536 g/mol. The van der Waals surface area contributed by atoms with Crippen molar-refractivity contribution in [2.45, 2.75) is 50.7 Å². The van der Waals surface area contributed by atoms with Crippen LogP contribution < -0.4 is 10.1 Å². The van der Waals surface area contributed by atoms with Crippen LogP contribution >= 0.6 is 0 Å². The van der Waals surface area contributed by atoms with Gasteiger partial charge in [-0.15, -0.1) is 0 Å². The van der Waals surface area contributed by atoms with Crippen LogP contribution in [0.5, 0.6) is 5.75 Å². The van der Waals surface area contributed by atoms with Gasteiger partial charge >= 0.3 is 0 Å². The van der Waals surface area contributed by atoms with E-state index in [4.69, 9.17) is 15.3 Å². The second-order valence-corrected chi connectivity index (χ2v) is 11.0. The predicted molar refractivity (Wildman–Crippen MR) is 154 cm³/mol. The second-order valence-electron chi connectivity index (χ2n) is 11.0. The summed E-state index contributed by atoms with van der Waals surface area (Å²) < 4.78 is 35.0. The molecule has 2 aliphatic heterocycles. The molecule has 2 heterocycles. The van der Waals surface area contributed by atoms with Gasteiger partial charge in [0.05, 0.1) is 17.2 Å². The number of nitrogens with one attached hydrogen (secondary N) is 1. The molecule has 42 heavy (non-hydrogen) atoms. The Kier molecular flexibility index (Phi) is 9.43. The van der Waals surface area contributed by atoms with E-state index in [1.807, 2.05) is 29.2 Å². The maximum absolute atomic E-state index is 15.1. The number of halogens is 2. The van der Waals surface area contributed by atoms with Crippen molar-refractivity contribution in [2.75, 3.05) is 26.2 Å². The third-order valence-electron chi connectivity index (χ3n) is 7.92. The molecule has 216 valence electrons. The number of nitrogens with zero attached hydrogens (tertiary/aromatic N) is 4. The van der Waals surface area contributed by atoms with Crippen LogP contribution in [-0.2, 0) is 13.1 Å². The molecule has 1 N–H and O–H groups in total. The minimum atomic E-state index is -1.24. The smallest absolute Gasteiger partial charge is 0.251 e. The monoisotopic (exact) mass is 569 g/mol. The van der Waals surface area contributed by atoms with Crippen molar-refractivity contribution in [3.8, 4) is 17.9 Å². The number of hydrogen-bond acceptors (Lipinski definition) is 6. The Hall–Kier alpha value is -4.31. The Morgan fingerprint density at radius 1 is 0.905 bits per heavy atom. The van der Waals surface area contributed by atoms with E-state index >= 15 is 4.39 Å². The van der Waals surface area contributed by atoms with Crippen LogP contribution in [0.15, 0.2) is 66.7 Å². The van der Waals surface area contributed by atoms with Gasteiger partial charge in [0.25, 0.3) is 5.91 Å². The lowest BCUT2D eigenvalue weighted by atomic mass is 10.0. The Bertz CT molecular complexity index is 1470. The van der Waals surface area contributed by atoms with Crippen LogP contribution in [0.2, 0.25) is 0 Å². The molecule has 7 nitrogen and oxygen atoms in total. The highest BCUT2D eigenvalue weighted by molar-refractivity contribution is 5.94. The lowest BCUT2D eigenvalue weighted by Gasteiger charge is -2.34. The van der Waals surface area contributed by atoms with Crippen LogP contribution in [0.25, 0.3) is 0 Å². The normalized spacial score (nSPS) is 19.9. The van der Waals surface area contributed by atoms with Gasteiger partial charge in [-0.2, -0.15) is 10.5 Å². The Labute approximate surface area is 244 Å². The van der Waals surface area contributed by atoms with Gasteiger partial charge in [-0.1, -0.05) is 24.3 Å². The number of hydrogen-bond donors (Lipinski definition) is 1. The molecule has 2 atom stereocenters. The third-order valence-corrected chi connectivity index (χ3v) is 7.92. The number of piperidine rings is 2. The van der Waals surface area contributed by atoms with Crippen LogP contribution in [0.1, 0.15) is 51.9 Å². The number of ether oxygens (including phenoxy) is 1. The van der Waals surface area contributed by atoms with Gasteiger partial charge in [-0.3, -0.25) is 14.6 Å². The van der Waals surface area contributed by atoms with E-state index in [9.17, 15) is 9.18 Å². The van der Waals surface area contributed by atoms with E-state index in [1.165, 1.54) is 12.1 Å². The third kappa shape index (κ3) is 7.50. The second kappa shape index (κ2) is 13.6. The summed E-state index contributed by atoms with van der Waals surface area (Å²) in [5, 5.41) is 21.0. The molecule has 2 saturated heterocycles. The van der Waals surface area contributed by atoms with Crippen molar-refractivity contribution in [3.63, 3.8) is 0 Å². The average molecular weight is 570 g/mol. The molecule has 0 spiro atoms. The molecule has 3 aromatic rings. The molecule has 3 aromatic carbocycles. The van der Waals surface area contributed by atoms with E-state index < -0.39 is 18.1 Å². The molecule has 2 fully saturated rings. The van der Waals surface area contributed by atoms with E-state index in [0.717, 1.165) is 38.0 Å². The Morgan fingerprint density at radius 3 is 2.31 bits per heavy atom. The van der Waals surface area contributed by atoms with Gasteiger partial charge in [-0.25, -0.2) is 8.78 Å². The maximum atomic E-state index is 15.1. The molecule has 1 amide bonds. The number of nitriles is 2. The minimum Gasteiger partial charge on any atom is -0.487 e. The molecule has 0 aliphatic carbocycles. The summed E-state index contributed by atoms with van der Waals surface area (Å²) in [4.78, 5) is 17.3. The number of carbonyl (C=O) groups is 1. The highest BCUT2D eigenvalue weighted by atomic mass is 19.1. The quantitative estimate of drug-likeness (QED) is 0.413. The van der Waals surface area contributed by atoms with Crippen molar-refractivity contribution in [1.29, 1.82) is 10.5 Å². The van der Waals surface area contributed by atoms with Gasteiger partial charge in [0.2, 0.25) is 0 Å². The topological polar surface area (TPSA) is 92.4 Å². The number of benzene rings is 3. The average Bonchev–Trinajstić information content (AvgIpc) is 3.00. The summed E-state index contributed by atoms with van der Waals surface area (Å²) in [7, 11) is 0. The summed E-state index contributed by atoms with van der Waals surface area (Å²) in [6.45, 7) is 3.66.